The molecule has 8 heteroatoms. The molecule has 0 saturated heterocycles. The third-order valence-electron chi connectivity index (χ3n) is 3.21. The molecule has 2 N–H and O–H groups in total. The lowest BCUT2D eigenvalue weighted by atomic mass is 10.3. The van der Waals surface area contributed by atoms with E-state index >= 15 is 0 Å². The highest BCUT2D eigenvalue weighted by Gasteiger charge is 2.17. The average Bonchev–Trinajstić information content (AvgIpc) is 3.05. The minimum absolute atomic E-state index is 0.116. The Kier molecular flexibility index (Phi) is 5.62. The van der Waals surface area contributed by atoms with Crippen molar-refractivity contribution in [1.29, 1.82) is 0 Å². The highest BCUT2D eigenvalue weighted by Crippen LogP contribution is 2.31. The van der Waals surface area contributed by atoms with Crippen LogP contribution in [0.5, 0.6) is 0 Å². The third-order valence-corrected chi connectivity index (χ3v) is 5.23. The fraction of sp³-hybridized carbons (Fsp3) is 0.118. The van der Waals surface area contributed by atoms with Crippen molar-refractivity contribution in [1.82, 2.24) is 10.2 Å². The molecule has 0 saturated carbocycles. The van der Waals surface area contributed by atoms with Crippen LogP contribution in [-0.2, 0) is 4.79 Å². The van der Waals surface area contributed by atoms with E-state index in [1.54, 1.807) is 25.1 Å². The Bertz CT molecular complexity index is 857. The van der Waals surface area contributed by atoms with Gasteiger partial charge in [-0.05, 0) is 31.2 Å². The maximum atomic E-state index is 13.6. The number of hydrogen-bond acceptors (Lipinski definition) is 6. The molecule has 1 aromatic heterocycles. The third kappa shape index (κ3) is 4.77. The SMILES string of the molecule is C[C@H](Sc1nnc(Nc2ccccc2F)s1)C(=O)Nc1ccccc1. The van der Waals surface area contributed by atoms with Crippen LogP contribution in [0.1, 0.15) is 6.92 Å². The monoisotopic (exact) mass is 374 g/mol. The van der Waals surface area contributed by atoms with Gasteiger partial charge >= 0.3 is 0 Å². The van der Waals surface area contributed by atoms with Crippen molar-refractivity contribution in [2.75, 3.05) is 10.6 Å². The molecular formula is C17H15FN4OS2. The fourth-order valence-corrected chi connectivity index (χ4v) is 3.86. The summed E-state index contributed by atoms with van der Waals surface area (Å²) in [5.41, 5.74) is 1.09. The molecule has 0 aliphatic rings. The Balaban J connectivity index is 1.59. The number of nitrogens with zero attached hydrogens (tertiary/aromatic N) is 2. The fourth-order valence-electron chi connectivity index (χ4n) is 1.96. The number of rotatable bonds is 6. The van der Waals surface area contributed by atoms with E-state index in [0.29, 0.717) is 15.2 Å². The molecule has 0 unspecified atom stereocenters. The number of halogens is 1. The van der Waals surface area contributed by atoms with Gasteiger partial charge in [0, 0.05) is 5.69 Å². The van der Waals surface area contributed by atoms with Gasteiger partial charge in [-0.3, -0.25) is 4.79 Å². The van der Waals surface area contributed by atoms with E-state index in [1.807, 2.05) is 30.3 Å². The molecule has 0 spiro atoms. The second kappa shape index (κ2) is 8.09. The minimum Gasteiger partial charge on any atom is -0.328 e. The maximum absolute atomic E-state index is 13.6. The van der Waals surface area contributed by atoms with Crippen LogP contribution in [0.4, 0.5) is 20.9 Å². The Hall–Kier alpha value is -2.45. The normalized spacial score (nSPS) is 11.8. The maximum Gasteiger partial charge on any atom is 0.237 e. The molecule has 0 aliphatic heterocycles. The summed E-state index contributed by atoms with van der Waals surface area (Å²) >= 11 is 2.58. The second-order valence-corrected chi connectivity index (χ2v) is 7.66. The van der Waals surface area contributed by atoms with Gasteiger partial charge < -0.3 is 10.6 Å². The first-order valence-corrected chi connectivity index (χ1v) is 9.19. The van der Waals surface area contributed by atoms with Crippen molar-refractivity contribution >= 4 is 45.5 Å². The summed E-state index contributed by atoms with van der Waals surface area (Å²) in [6.07, 6.45) is 0. The molecule has 1 amide bonds. The number of benzene rings is 2. The second-order valence-electron chi connectivity index (χ2n) is 5.09. The van der Waals surface area contributed by atoms with Crippen LogP contribution < -0.4 is 10.6 Å². The molecule has 0 bridgehead atoms. The summed E-state index contributed by atoms with van der Waals surface area (Å²) in [4.78, 5) is 12.2. The number of carbonyl (C=O) groups is 1. The van der Waals surface area contributed by atoms with Crippen LogP contribution in [-0.4, -0.2) is 21.4 Å². The molecule has 0 radical (unpaired) electrons. The van der Waals surface area contributed by atoms with Gasteiger partial charge in [-0.25, -0.2) is 4.39 Å². The van der Waals surface area contributed by atoms with Crippen LogP contribution in [0.2, 0.25) is 0 Å². The van der Waals surface area contributed by atoms with Crippen molar-refractivity contribution in [3.05, 3.63) is 60.4 Å². The summed E-state index contributed by atoms with van der Waals surface area (Å²) in [7, 11) is 0. The number of hydrogen-bond donors (Lipinski definition) is 2. The molecule has 3 aromatic rings. The Labute approximate surface area is 152 Å². The first-order chi connectivity index (χ1) is 12.1. The van der Waals surface area contributed by atoms with Gasteiger partial charge in [-0.1, -0.05) is 53.4 Å². The van der Waals surface area contributed by atoms with Gasteiger partial charge in [-0.2, -0.15) is 0 Å². The standard InChI is InChI=1S/C17H15FN4OS2/c1-11(15(23)19-12-7-3-2-4-8-12)24-17-22-21-16(25-17)20-14-10-6-5-9-13(14)18/h2-11H,1H3,(H,19,23)(H,20,21)/t11-/m0/s1. The molecule has 25 heavy (non-hydrogen) atoms. The number of nitrogens with one attached hydrogen (secondary N) is 2. The van der Waals surface area contributed by atoms with Crippen LogP contribution in [0.15, 0.2) is 58.9 Å². The molecule has 1 atom stereocenters. The predicted octanol–water partition coefficient (Wildman–Crippen LogP) is 4.54. The van der Waals surface area contributed by atoms with Crippen molar-refractivity contribution in [2.45, 2.75) is 16.5 Å². The summed E-state index contributed by atoms with van der Waals surface area (Å²) in [5, 5.41) is 13.9. The van der Waals surface area contributed by atoms with Crippen molar-refractivity contribution < 1.29 is 9.18 Å². The van der Waals surface area contributed by atoms with Gasteiger partial charge in [0.05, 0.1) is 10.9 Å². The van der Waals surface area contributed by atoms with Gasteiger partial charge in [0.15, 0.2) is 4.34 Å². The lowest BCUT2D eigenvalue weighted by molar-refractivity contribution is -0.115. The Morgan fingerprint density at radius 1 is 1.12 bits per heavy atom. The van der Waals surface area contributed by atoms with E-state index in [9.17, 15) is 9.18 Å². The lowest BCUT2D eigenvalue weighted by Crippen LogP contribution is -2.22. The average molecular weight is 374 g/mol. The van der Waals surface area contributed by atoms with Crippen molar-refractivity contribution in [2.24, 2.45) is 0 Å². The van der Waals surface area contributed by atoms with E-state index < -0.39 is 0 Å². The van der Waals surface area contributed by atoms with E-state index in [1.165, 1.54) is 29.2 Å². The highest BCUT2D eigenvalue weighted by molar-refractivity contribution is 8.02. The van der Waals surface area contributed by atoms with Crippen LogP contribution in [0.25, 0.3) is 0 Å². The zero-order chi connectivity index (χ0) is 17.6. The highest BCUT2D eigenvalue weighted by atomic mass is 32.2. The number of thioether (sulfide) groups is 1. The number of aromatic nitrogens is 2. The van der Waals surface area contributed by atoms with Gasteiger partial charge in [0.1, 0.15) is 5.82 Å². The first kappa shape index (κ1) is 17.4. The van der Waals surface area contributed by atoms with Crippen molar-refractivity contribution in [3.63, 3.8) is 0 Å². The molecule has 3 rings (SSSR count). The predicted molar refractivity (Wildman–Crippen MR) is 100.0 cm³/mol. The molecule has 128 valence electrons. The molecule has 0 aliphatic carbocycles. The van der Waals surface area contributed by atoms with E-state index in [-0.39, 0.29) is 17.0 Å². The minimum atomic E-state index is -0.359. The summed E-state index contributed by atoms with van der Waals surface area (Å²) in [6.45, 7) is 1.80. The van der Waals surface area contributed by atoms with Gasteiger partial charge in [0.25, 0.3) is 0 Å². The number of anilines is 3. The first-order valence-electron chi connectivity index (χ1n) is 7.49. The number of amides is 1. The summed E-state index contributed by atoms with van der Waals surface area (Å²) in [5.74, 6) is -0.475. The van der Waals surface area contributed by atoms with Crippen LogP contribution >= 0.6 is 23.1 Å². The number of para-hydroxylation sites is 2. The molecule has 0 fully saturated rings. The smallest absolute Gasteiger partial charge is 0.237 e. The Morgan fingerprint density at radius 2 is 1.84 bits per heavy atom. The van der Waals surface area contributed by atoms with Crippen molar-refractivity contribution in [3.8, 4) is 0 Å². The molecule has 1 heterocycles. The zero-order valence-corrected chi connectivity index (χ0v) is 14.9. The largest absolute Gasteiger partial charge is 0.328 e. The van der Waals surface area contributed by atoms with E-state index in [0.717, 1.165) is 5.69 Å². The molecule has 5 nitrogen and oxygen atoms in total. The molecule has 2 aromatic carbocycles. The van der Waals surface area contributed by atoms with E-state index in [2.05, 4.69) is 20.8 Å². The summed E-state index contributed by atoms with van der Waals surface area (Å²) < 4.78 is 14.3. The molecular weight excluding hydrogens is 359 g/mol. The lowest BCUT2D eigenvalue weighted by Gasteiger charge is -2.09. The Morgan fingerprint density at radius 3 is 2.60 bits per heavy atom. The number of carbonyl (C=O) groups excluding carboxylic acids is 1. The van der Waals surface area contributed by atoms with E-state index in [4.69, 9.17) is 0 Å². The van der Waals surface area contributed by atoms with Gasteiger partial charge in [0.2, 0.25) is 11.0 Å². The summed E-state index contributed by atoms with van der Waals surface area (Å²) in [6, 6.07) is 15.6. The van der Waals surface area contributed by atoms with Crippen LogP contribution in [0, 0.1) is 5.82 Å². The topological polar surface area (TPSA) is 66.9 Å². The van der Waals surface area contributed by atoms with Gasteiger partial charge in [-0.15, -0.1) is 10.2 Å². The zero-order valence-electron chi connectivity index (χ0n) is 13.3. The quantitative estimate of drug-likeness (QED) is 0.620. The van der Waals surface area contributed by atoms with Crippen LogP contribution in [0.3, 0.4) is 0 Å².